The predicted octanol–water partition coefficient (Wildman–Crippen LogP) is 0.861. The van der Waals surface area contributed by atoms with E-state index in [1.54, 1.807) is 13.1 Å². The van der Waals surface area contributed by atoms with Crippen LogP contribution in [-0.2, 0) is 21.4 Å². The molecule has 3 saturated heterocycles. The van der Waals surface area contributed by atoms with Gasteiger partial charge in [0.25, 0.3) is 0 Å². The number of carboxylic acid groups (broad SMARTS) is 1. The van der Waals surface area contributed by atoms with Crippen molar-refractivity contribution in [2.45, 2.75) is 37.6 Å². The number of rotatable bonds is 5. The number of likely N-dealkylation sites (tertiary alicyclic amines) is 1. The Kier molecular flexibility index (Phi) is 5.99. The second-order valence-electron chi connectivity index (χ2n) is 9.50. The summed E-state index contributed by atoms with van der Waals surface area (Å²) >= 11 is 0. The Bertz CT molecular complexity index is 1230. The summed E-state index contributed by atoms with van der Waals surface area (Å²) in [6.45, 7) is 1.80. The molecule has 2 N–H and O–H groups in total. The van der Waals surface area contributed by atoms with Crippen molar-refractivity contribution in [3.05, 3.63) is 28.7 Å². The summed E-state index contributed by atoms with van der Waals surface area (Å²) in [5.41, 5.74) is 1.90. The van der Waals surface area contributed by atoms with Gasteiger partial charge in [-0.25, -0.2) is 14.0 Å². The van der Waals surface area contributed by atoms with E-state index in [1.807, 2.05) is 12.1 Å². The second kappa shape index (κ2) is 8.99. The Morgan fingerprint density at radius 2 is 1.97 bits per heavy atom. The van der Waals surface area contributed by atoms with Crippen LogP contribution in [0.25, 0.3) is 11.0 Å². The molecule has 3 aliphatic heterocycles. The van der Waals surface area contributed by atoms with Gasteiger partial charge >= 0.3 is 11.8 Å². The molecule has 3 atom stereocenters. The number of aryl methyl sites for hydroxylation is 1. The highest BCUT2D eigenvalue weighted by molar-refractivity contribution is 6.00. The Morgan fingerprint density at radius 1 is 1.20 bits per heavy atom. The number of ether oxygens (including phenoxy) is 1. The van der Waals surface area contributed by atoms with Crippen LogP contribution in [0.5, 0.6) is 0 Å². The lowest BCUT2D eigenvalue weighted by Crippen LogP contribution is -2.51. The highest BCUT2D eigenvalue weighted by atomic mass is 19.1. The molecule has 2 aromatic rings. The van der Waals surface area contributed by atoms with Crippen LogP contribution in [-0.4, -0.2) is 82.1 Å². The molecule has 0 radical (unpaired) electrons. The van der Waals surface area contributed by atoms with Gasteiger partial charge in [-0.15, -0.1) is 0 Å². The average Bonchev–Trinajstić information content (AvgIpc) is 3.04. The third kappa shape index (κ3) is 4.15. The summed E-state index contributed by atoms with van der Waals surface area (Å²) in [6.07, 6.45) is -2.27. The largest absolute Gasteiger partial charge is 0.465 e. The van der Waals surface area contributed by atoms with Crippen LogP contribution >= 0.6 is 0 Å². The quantitative estimate of drug-likeness (QED) is 0.597. The van der Waals surface area contributed by atoms with Crippen LogP contribution < -0.4 is 15.9 Å². The fourth-order valence-electron chi connectivity index (χ4n) is 5.28. The minimum atomic E-state index is -1.34. The number of hydrogen-bond acceptors (Lipinski definition) is 6. The van der Waals surface area contributed by atoms with E-state index in [1.165, 1.54) is 9.13 Å². The molecule has 12 heteroatoms. The predicted molar refractivity (Wildman–Crippen MR) is 123 cm³/mol. The maximum absolute atomic E-state index is 14.3. The van der Waals surface area contributed by atoms with Crippen LogP contribution in [0.1, 0.15) is 25.3 Å². The molecule has 3 amide bonds. The van der Waals surface area contributed by atoms with Gasteiger partial charge < -0.3 is 19.6 Å². The molecule has 3 aliphatic rings. The highest BCUT2D eigenvalue weighted by Gasteiger charge is 2.36. The number of nitrogens with one attached hydrogen (secondary N) is 1. The van der Waals surface area contributed by atoms with E-state index in [4.69, 9.17) is 9.84 Å². The van der Waals surface area contributed by atoms with Crippen molar-refractivity contribution in [1.29, 1.82) is 0 Å². The molecule has 0 bridgehead atoms. The lowest BCUT2D eigenvalue weighted by molar-refractivity contribution is -0.135. The standard InChI is InChI=1S/C23H28FN5O6/c1-26-20-15(3-2-4-16(20)29(22(26)32)17-5-6-19(30)25-21(17)31)28-9-13(10-28)12-35-18-7-8-27(23(33)34)11-14(18)24/h2-4,13-14,17-18H,5-12H2,1H3,(H,33,34)(H,25,30,31)/t14-,17?,18+/m0/s1. The number of carbonyl (C=O) groups excluding carboxylic acids is 2. The fraction of sp³-hybridized carbons (Fsp3) is 0.565. The van der Waals surface area contributed by atoms with Gasteiger partial charge in [0.2, 0.25) is 11.8 Å². The Hall–Kier alpha value is -3.41. The second-order valence-corrected chi connectivity index (χ2v) is 9.50. The molecule has 1 aromatic heterocycles. The summed E-state index contributed by atoms with van der Waals surface area (Å²) in [5, 5.41) is 11.3. The zero-order valence-electron chi connectivity index (χ0n) is 19.4. The summed E-state index contributed by atoms with van der Waals surface area (Å²) in [5.74, 6) is -0.618. The normalized spacial score (nSPS) is 25.6. The van der Waals surface area contributed by atoms with Crippen LogP contribution in [0.2, 0.25) is 0 Å². The first-order valence-electron chi connectivity index (χ1n) is 11.8. The molecule has 11 nitrogen and oxygen atoms in total. The van der Waals surface area contributed by atoms with E-state index in [9.17, 15) is 23.6 Å². The Labute approximate surface area is 200 Å². The summed E-state index contributed by atoms with van der Waals surface area (Å²) in [6, 6.07) is 4.83. The maximum atomic E-state index is 14.3. The number of nitrogens with zero attached hydrogens (tertiary/aromatic N) is 4. The van der Waals surface area contributed by atoms with E-state index in [-0.39, 0.29) is 43.4 Å². The van der Waals surface area contributed by atoms with Gasteiger partial charge in [-0.1, -0.05) is 6.07 Å². The number of piperidine rings is 2. The molecule has 188 valence electrons. The van der Waals surface area contributed by atoms with Gasteiger partial charge in [0.05, 0.1) is 36.0 Å². The molecule has 0 aliphatic carbocycles. The minimum absolute atomic E-state index is 0.170. The number of carbonyl (C=O) groups is 3. The molecular formula is C23H28FN5O6. The van der Waals surface area contributed by atoms with E-state index < -0.39 is 30.3 Å². The molecule has 3 fully saturated rings. The number of hydrogen-bond donors (Lipinski definition) is 2. The molecule has 5 rings (SSSR count). The van der Waals surface area contributed by atoms with Gasteiger partial charge in [-0.3, -0.25) is 24.0 Å². The zero-order valence-corrected chi connectivity index (χ0v) is 19.4. The number of para-hydroxylation sites is 1. The number of imide groups is 1. The van der Waals surface area contributed by atoms with Crippen molar-refractivity contribution in [1.82, 2.24) is 19.4 Å². The molecule has 1 unspecified atom stereocenters. The SMILES string of the molecule is Cn1c(=O)n(C2CCC(=O)NC2=O)c2cccc(N3CC(CO[C@@H]4CCN(C(=O)O)C[C@@H]4F)C3)c21. The third-order valence-corrected chi connectivity index (χ3v) is 7.20. The number of imidazole rings is 1. The van der Waals surface area contributed by atoms with E-state index in [2.05, 4.69) is 10.2 Å². The first-order chi connectivity index (χ1) is 16.7. The van der Waals surface area contributed by atoms with E-state index >= 15 is 0 Å². The van der Waals surface area contributed by atoms with Crippen molar-refractivity contribution in [3.8, 4) is 0 Å². The molecule has 0 spiro atoms. The lowest BCUT2D eigenvalue weighted by atomic mass is 9.99. The first-order valence-corrected chi connectivity index (χ1v) is 11.8. The lowest BCUT2D eigenvalue weighted by Gasteiger charge is -2.42. The summed E-state index contributed by atoms with van der Waals surface area (Å²) < 4.78 is 23.1. The zero-order chi connectivity index (χ0) is 24.9. The van der Waals surface area contributed by atoms with E-state index in [0.717, 1.165) is 10.6 Å². The molecule has 0 saturated carbocycles. The van der Waals surface area contributed by atoms with Crippen molar-refractivity contribution >= 4 is 34.6 Å². The monoisotopic (exact) mass is 489 g/mol. The van der Waals surface area contributed by atoms with Crippen LogP contribution in [0.4, 0.5) is 14.9 Å². The maximum Gasteiger partial charge on any atom is 0.407 e. The first kappa shape index (κ1) is 23.3. The number of halogens is 1. The number of alkyl halides is 1. The van der Waals surface area contributed by atoms with Crippen LogP contribution in [0.3, 0.4) is 0 Å². The molecular weight excluding hydrogens is 461 g/mol. The number of anilines is 1. The number of aromatic nitrogens is 2. The highest BCUT2D eigenvalue weighted by Crippen LogP contribution is 2.33. The minimum Gasteiger partial charge on any atom is -0.465 e. The molecule has 35 heavy (non-hydrogen) atoms. The summed E-state index contributed by atoms with van der Waals surface area (Å²) in [7, 11) is 1.67. The van der Waals surface area contributed by atoms with Crippen molar-refractivity contribution in [2.24, 2.45) is 13.0 Å². The fourth-order valence-corrected chi connectivity index (χ4v) is 5.28. The number of fused-ring (bicyclic) bond motifs is 1. The number of amides is 3. The third-order valence-electron chi connectivity index (χ3n) is 7.20. The Balaban J connectivity index is 1.27. The molecule has 1 aromatic carbocycles. The smallest absolute Gasteiger partial charge is 0.407 e. The average molecular weight is 490 g/mol. The van der Waals surface area contributed by atoms with Gasteiger partial charge in [-0.05, 0) is 25.0 Å². The van der Waals surface area contributed by atoms with Crippen molar-refractivity contribution < 1.29 is 28.6 Å². The van der Waals surface area contributed by atoms with Crippen molar-refractivity contribution in [2.75, 3.05) is 37.7 Å². The Morgan fingerprint density at radius 3 is 2.66 bits per heavy atom. The van der Waals surface area contributed by atoms with Gasteiger partial charge in [-0.2, -0.15) is 0 Å². The van der Waals surface area contributed by atoms with Gasteiger partial charge in [0.1, 0.15) is 12.2 Å². The van der Waals surface area contributed by atoms with Crippen LogP contribution in [0.15, 0.2) is 23.0 Å². The van der Waals surface area contributed by atoms with Gasteiger partial charge in [0.15, 0.2) is 0 Å². The van der Waals surface area contributed by atoms with Crippen molar-refractivity contribution in [3.63, 3.8) is 0 Å². The summed E-state index contributed by atoms with van der Waals surface area (Å²) in [4.78, 5) is 51.3. The number of benzene rings is 1. The van der Waals surface area contributed by atoms with E-state index in [0.29, 0.717) is 37.2 Å². The van der Waals surface area contributed by atoms with Gasteiger partial charge in [0, 0.05) is 39.0 Å². The molecule has 4 heterocycles. The van der Waals surface area contributed by atoms with Crippen LogP contribution in [0, 0.1) is 5.92 Å². The topological polar surface area (TPSA) is 126 Å².